The molecule has 1 heterocycles. The molecule has 0 radical (unpaired) electrons. The van der Waals surface area contributed by atoms with Crippen LogP contribution in [0.25, 0.3) is 0 Å². The van der Waals surface area contributed by atoms with Gasteiger partial charge in [0.2, 0.25) is 0 Å². The molecule has 0 amide bonds. The van der Waals surface area contributed by atoms with Crippen LogP contribution in [0.15, 0.2) is 11.5 Å². The minimum absolute atomic E-state index is 0.625. The van der Waals surface area contributed by atoms with Gasteiger partial charge in [-0.3, -0.25) is 0 Å². The van der Waals surface area contributed by atoms with Crippen LogP contribution in [0.5, 0.6) is 0 Å². The second-order valence-corrected chi connectivity index (χ2v) is 6.72. The van der Waals surface area contributed by atoms with Crippen LogP contribution >= 0.6 is 11.8 Å². The van der Waals surface area contributed by atoms with E-state index in [9.17, 15) is 0 Å². The summed E-state index contributed by atoms with van der Waals surface area (Å²) in [7, 11) is 2.02. The Kier molecular flexibility index (Phi) is 5.70. The zero-order chi connectivity index (χ0) is 13.7. The molecule has 1 saturated carbocycles. The molecule has 0 aliphatic heterocycles. The molecule has 2 rings (SSSR count). The van der Waals surface area contributed by atoms with E-state index in [2.05, 4.69) is 29.4 Å². The number of aromatic nitrogens is 3. The van der Waals surface area contributed by atoms with Crippen LogP contribution in [0.3, 0.4) is 0 Å². The fraction of sp³-hybridized carbons (Fsp3) is 0.857. The summed E-state index contributed by atoms with van der Waals surface area (Å²) in [5.74, 6) is 0.894. The van der Waals surface area contributed by atoms with E-state index in [1.165, 1.54) is 32.1 Å². The summed E-state index contributed by atoms with van der Waals surface area (Å²) in [5, 5.41) is 13.5. The highest BCUT2D eigenvalue weighted by Gasteiger charge is 2.31. The third-order valence-electron chi connectivity index (χ3n) is 3.99. The van der Waals surface area contributed by atoms with Gasteiger partial charge in [-0.05, 0) is 31.7 Å². The largest absolute Gasteiger partial charge is 0.313 e. The number of thioether (sulfide) groups is 1. The molecule has 3 unspecified atom stereocenters. The van der Waals surface area contributed by atoms with Gasteiger partial charge in [-0.25, -0.2) is 0 Å². The van der Waals surface area contributed by atoms with E-state index < -0.39 is 0 Å². The van der Waals surface area contributed by atoms with Crippen LogP contribution in [-0.2, 0) is 7.05 Å². The first-order valence-corrected chi connectivity index (χ1v) is 8.36. The second-order valence-electron chi connectivity index (χ2n) is 5.51. The average molecular weight is 282 g/mol. The zero-order valence-corrected chi connectivity index (χ0v) is 13.1. The molecule has 0 bridgehead atoms. The minimum atomic E-state index is 0.625. The maximum Gasteiger partial charge on any atom is 0.191 e. The molecule has 1 aliphatic carbocycles. The molecule has 1 N–H and O–H groups in total. The van der Waals surface area contributed by atoms with Crippen molar-refractivity contribution in [3.05, 3.63) is 6.33 Å². The smallest absolute Gasteiger partial charge is 0.191 e. The summed E-state index contributed by atoms with van der Waals surface area (Å²) < 4.78 is 2.02. The van der Waals surface area contributed by atoms with E-state index in [-0.39, 0.29) is 0 Å². The van der Waals surface area contributed by atoms with Crippen molar-refractivity contribution in [2.75, 3.05) is 6.54 Å². The van der Waals surface area contributed by atoms with E-state index in [0.29, 0.717) is 11.3 Å². The van der Waals surface area contributed by atoms with Gasteiger partial charge in [-0.15, -0.1) is 10.2 Å². The Morgan fingerprint density at radius 2 is 2.26 bits per heavy atom. The van der Waals surface area contributed by atoms with Crippen molar-refractivity contribution in [3.63, 3.8) is 0 Å². The van der Waals surface area contributed by atoms with Crippen LogP contribution in [0.4, 0.5) is 0 Å². The zero-order valence-electron chi connectivity index (χ0n) is 12.3. The summed E-state index contributed by atoms with van der Waals surface area (Å²) in [6.07, 6.45) is 8.45. The van der Waals surface area contributed by atoms with Crippen molar-refractivity contribution in [2.24, 2.45) is 13.0 Å². The van der Waals surface area contributed by atoms with E-state index in [0.717, 1.165) is 17.6 Å². The third kappa shape index (κ3) is 3.96. The van der Waals surface area contributed by atoms with E-state index >= 15 is 0 Å². The van der Waals surface area contributed by atoms with Crippen LogP contribution in [-0.4, -0.2) is 32.6 Å². The summed E-state index contributed by atoms with van der Waals surface area (Å²) in [4.78, 5) is 0. The number of nitrogens with one attached hydrogen (secondary N) is 1. The Morgan fingerprint density at radius 1 is 1.42 bits per heavy atom. The van der Waals surface area contributed by atoms with Gasteiger partial charge < -0.3 is 9.88 Å². The van der Waals surface area contributed by atoms with Crippen molar-refractivity contribution in [2.45, 2.75) is 62.4 Å². The molecular weight excluding hydrogens is 256 g/mol. The number of hydrogen-bond acceptors (Lipinski definition) is 4. The average Bonchev–Trinajstić information content (AvgIpc) is 2.79. The molecule has 0 aromatic carbocycles. The lowest BCUT2D eigenvalue weighted by molar-refractivity contribution is 0.289. The second kappa shape index (κ2) is 7.29. The molecule has 1 aromatic rings. The van der Waals surface area contributed by atoms with E-state index in [1.54, 1.807) is 6.33 Å². The van der Waals surface area contributed by atoms with Gasteiger partial charge in [0.15, 0.2) is 5.16 Å². The topological polar surface area (TPSA) is 42.7 Å². The lowest BCUT2D eigenvalue weighted by Gasteiger charge is -2.36. The first-order valence-electron chi connectivity index (χ1n) is 7.48. The number of rotatable bonds is 6. The van der Waals surface area contributed by atoms with Crippen LogP contribution in [0.2, 0.25) is 0 Å². The van der Waals surface area contributed by atoms with Gasteiger partial charge in [0.25, 0.3) is 0 Å². The molecule has 108 valence electrons. The summed E-state index contributed by atoms with van der Waals surface area (Å²) in [5.41, 5.74) is 0. The lowest BCUT2D eigenvalue weighted by atomic mass is 9.83. The van der Waals surface area contributed by atoms with Gasteiger partial charge in [0.1, 0.15) is 6.33 Å². The summed E-state index contributed by atoms with van der Waals surface area (Å²) >= 11 is 1.90. The van der Waals surface area contributed by atoms with Gasteiger partial charge >= 0.3 is 0 Å². The molecule has 0 saturated heterocycles. The maximum absolute atomic E-state index is 4.22. The van der Waals surface area contributed by atoms with Crippen molar-refractivity contribution >= 4 is 11.8 Å². The molecule has 1 fully saturated rings. The first-order chi connectivity index (χ1) is 9.24. The number of hydrogen-bond donors (Lipinski definition) is 1. The summed E-state index contributed by atoms with van der Waals surface area (Å²) in [6.45, 7) is 5.54. The highest BCUT2D eigenvalue weighted by atomic mass is 32.2. The Hall–Kier alpha value is -0.550. The molecule has 19 heavy (non-hydrogen) atoms. The predicted octanol–water partition coefficient (Wildman–Crippen LogP) is 2.85. The standard InChI is InChI=1S/C14H26N4S/c1-4-6-11-7-8-12(15-5-2)13(9-11)19-14-17-16-10-18(14)3/h10-13,15H,4-9H2,1-3H3. The minimum Gasteiger partial charge on any atom is -0.313 e. The SMILES string of the molecule is CCCC1CCC(NCC)C(Sc2nncn2C)C1. The van der Waals surface area contributed by atoms with Crippen molar-refractivity contribution in [1.29, 1.82) is 0 Å². The van der Waals surface area contributed by atoms with Gasteiger partial charge in [-0.2, -0.15) is 0 Å². The Morgan fingerprint density at radius 3 is 2.89 bits per heavy atom. The predicted molar refractivity (Wildman–Crippen MR) is 80.4 cm³/mol. The number of aryl methyl sites for hydroxylation is 1. The van der Waals surface area contributed by atoms with Gasteiger partial charge in [0.05, 0.1) is 0 Å². The Balaban J connectivity index is 2.00. The van der Waals surface area contributed by atoms with Gasteiger partial charge in [-0.1, -0.05) is 38.5 Å². The normalized spacial score (nSPS) is 27.6. The molecule has 1 aliphatic rings. The molecule has 1 aromatic heterocycles. The Bertz CT molecular complexity index is 379. The fourth-order valence-electron chi connectivity index (χ4n) is 3.02. The maximum atomic E-state index is 4.22. The quantitative estimate of drug-likeness (QED) is 0.871. The van der Waals surface area contributed by atoms with E-state index in [4.69, 9.17) is 0 Å². The van der Waals surface area contributed by atoms with E-state index in [1.807, 2.05) is 23.4 Å². The fourth-order valence-corrected chi connectivity index (χ4v) is 4.37. The Labute approximate surface area is 120 Å². The van der Waals surface area contributed by atoms with Crippen molar-refractivity contribution in [1.82, 2.24) is 20.1 Å². The lowest BCUT2D eigenvalue weighted by Crippen LogP contribution is -2.42. The molecule has 3 atom stereocenters. The summed E-state index contributed by atoms with van der Waals surface area (Å²) in [6, 6.07) is 0.625. The van der Waals surface area contributed by atoms with Crippen molar-refractivity contribution < 1.29 is 0 Å². The van der Waals surface area contributed by atoms with Gasteiger partial charge in [0, 0.05) is 18.3 Å². The van der Waals surface area contributed by atoms with Crippen molar-refractivity contribution in [3.8, 4) is 0 Å². The molecular formula is C14H26N4S. The van der Waals surface area contributed by atoms with Crippen LogP contribution in [0.1, 0.15) is 46.0 Å². The molecule has 5 heteroatoms. The van der Waals surface area contributed by atoms with Crippen LogP contribution in [0, 0.1) is 5.92 Å². The highest BCUT2D eigenvalue weighted by molar-refractivity contribution is 7.99. The monoisotopic (exact) mass is 282 g/mol. The first kappa shape index (κ1) is 14.9. The van der Waals surface area contributed by atoms with Crippen LogP contribution < -0.4 is 5.32 Å². The molecule has 4 nitrogen and oxygen atoms in total. The molecule has 0 spiro atoms. The third-order valence-corrected chi connectivity index (χ3v) is 5.39. The highest BCUT2D eigenvalue weighted by Crippen LogP contribution is 2.37. The number of nitrogens with zero attached hydrogens (tertiary/aromatic N) is 3.